The Morgan fingerprint density at radius 2 is 2.13 bits per heavy atom. The summed E-state index contributed by atoms with van der Waals surface area (Å²) >= 11 is 0. The van der Waals surface area contributed by atoms with Crippen LogP contribution in [0.2, 0.25) is 0 Å². The zero-order valence-corrected chi connectivity index (χ0v) is 12.9. The minimum absolute atomic E-state index is 0.0711. The number of ether oxygens (including phenoxy) is 2. The average Bonchev–Trinajstić information content (AvgIpc) is 2.58. The maximum absolute atomic E-state index is 11.9. The average molecular weight is 310 g/mol. The van der Waals surface area contributed by atoms with Gasteiger partial charge in [-0.3, -0.25) is 4.79 Å². The molecule has 23 heavy (non-hydrogen) atoms. The first-order chi connectivity index (χ1) is 11.2. The number of para-hydroxylation sites is 1. The van der Waals surface area contributed by atoms with Crippen LogP contribution in [-0.4, -0.2) is 24.8 Å². The molecule has 118 valence electrons. The summed E-state index contributed by atoms with van der Waals surface area (Å²) in [5.41, 5.74) is 5.36. The number of carbonyl (C=O) groups excluding carboxylic acids is 1. The predicted octanol–water partition coefficient (Wildman–Crippen LogP) is 2.68. The maximum Gasteiger partial charge on any atom is 0.277 e. The van der Waals surface area contributed by atoms with Crippen molar-refractivity contribution in [3.8, 4) is 11.5 Å². The van der Waals surface area contributed by atoms with Crippen LogP contribution in [0.5, 0.6) is 11.5 Å². The first kappa shape index (κ1) is 15.1. The molecule has 2 aromatic rings. The van der Waals surface area contributed by atoms with E-state index in [1.54, 1.807) is 0 Å². The zero-order valence-electron chi connectivity index (χ0n) is 12.9. The molecule has 0 bridgehead atoms. The predicted molar refractivity (Wildman–Crippen MR) is 87.9 cm³/mol. The largest absolute Gasteiger partial charge is 0.492 e. The van der Waals surface area contributed by atoms with Gasteiger partial charge in [0.1, 0.15) is 11.5 Å². The number of nitrogens with zero attached hydrogens (tertiary/aromatic N) is 1. The van der Waals surface area contributed by atoms with Crippen LogP contribution in [0.3, 0.4) is 0 Å². The molecule has 0 saturated heterocycles. The normalized spacial score (nSPS) is 14.7. The number of hydrogen-bond acceptors (Lipinski definition) is 4. The number of carbonyl (C=O) groups is 1. The number of hydrazone groups is 1. The molecule has 5 heteroatoms. The van der Waals surface area contributed by atoms with E-state index in [4.69, 9.17) is 9.47 Å². The summed E-state index contributed by atoms with van der Waals surface area (Å²) in [5, 5.41) is 4.21. The van der Waals surface area contributed by atoms with Gasteiger partial charge in [-0.25, -0.2) is 5.43 Å². The van der Waals surface area contributed by atoms with Crippen molar-refractivity contribution in [3.05, 3.63) is 59.7 Å². The number of fused-ring (bicyclic) bond motifs is 1. The molecule has 0 aromatic heterocycles. The Bertz CT molecular complexity index is 741. The second kappa shape index (κ2) is 6.96. The summed E-state index contributed by atoms with van der Waals surface area (Å²) in [6.45, 7) is 2.46. The molecule has 1 heterocycles. The highest BCUT2D eigenvalue weighted by atomic mass is 16.5. The Morgan fingerprint density at radius 3 is 3.00 bits per heavy atom. The summed E-state index contributed by atoms with van der Waals surface area (Å²) in [7, 11) is 0. The molecule has 5 nitrogen and oxygen atoms in total. The number of nitrogens with one attached hydrogen (secondary N) is 1. The van der Waals surface area contributed by atoms with Crippen LogP contribution in [-0.2, 0) is 4.79 Å². The molecule has 0 radical (unpaired) electrons. The second-order valence-corrected chi connectivity index (χ2v) is 5.29. The van der Waals surface area contributed by atoms with Crippen molar-refractivity contribution in [1.29, 1.82) is 0 Å². The van der Waals surface area contributed by atoms with E-state index in [2.05, 4.69) is 10.5 Å². The van der Waals surface area contributed by atoms with Crippen molar-refractivity contribution in [2.24, 2.45) is 5.10 Å². The number of benzene rings is 2. The highest BCUT2D eigenvalue weighted by Crippen LogP contribution is 2.24. The number of amides is 1. The Kier molecular flexibility index (Phi) is 4.57. The van der Waals surface area contributed by atoms with Crippen LogP contribution in [0.25, 0.3) is 0 Å². The van der Waals surface area contributed by atoms with Gasteiger partial charge in [0.15, 0.2) is 6.61 Å². The van der Waals surface area contributed by atoms with Crippen LogP contribution in [0.15, 0.2) is 53.6 Å². The molecule has 0 aliphatic carbocycles. The van der Waals surface area contributed by atoms with E-state index in [1.165, 1.54) is 0 Å². The van der Waals surface area contributed by atoms with E-state index in [-0.39, 0.29) is 12.5 Å². The molecule has 3 rings (SSSR count). The van der Waals surface area contributed by atoms with Gasteiger partial charge in [-0.2, -0.15) is 5.10 Å². The van der Waals surface area contributed by atoms with E-state index in [1.807, 2.05) is 55.5 Å². The molecule has 0 saturated carbocycles. The Morgan fingerprint density at radius 1 is 1.26 bits per heavy atom. The molecule has 1 aliphatic heterocycles. The summed E-state index contributed by atoms with van der Waals surface area (Å²) in [4.78, 5) is 11.9. The fourth-order valence-electron chi connectivity index (χ4n) is 2.36. The monoisotopic (exact) mass is 310 g/mol. The second-order valence-electron chi connectivity index (χ2n) is 5.29. The molecule has 2 aromatic carbocycles. The summed E-state index contributed by atoms with van der Waals surface area (Å²) in [6, 6.07) is 15.2. The van der Waals surface area contributed by atoms with Crippen molar-refractivity contribution in [2.75, 3.05) is 13.2 Å². The highest BCUT2D eigenvalue weighted by Gasteiger charge is 2.16. The lowest BCUT2D eigenvalue weighted by Crippen LogP contribution is -2.27. The fourth-order valence-corrected chi connectivity index (χ4v) is 2.36. The standard InChI is InChI=1S/C18H18N2O3/c1-13-5-4-6-14(11-13)23-12-18(21)20-19-16-9-10-22-17-8-3-2-7-15(16)17/h2-8,11H,9-10,12H2,1H3,(H,20,21)/b19-16-. The van der Waals surface area contributed by atoms with Gasteiger partial charge in [0.05, 0.1) is 12.3 Å². The lowest BCUT2D eigenvalue weighted by molar-refractivity contribution is -0.123. The third kappa shape index (κ3) is 3.88. The van der Waals surface area contributed by atoms with Crippen LogP contribution in [0.4, 0.5) is 0 Å². The quantitative estimate of drug-likeness (QED) is 0.883. The molecule has 1 amide bonds. The van der Waals surface area contributed by atoms with Crippen LogP contribution >= 0.6 is 0 Å². The van der Waals surface area contributed by atoms with Crippen LogP contribution in [0, 0.1) is 6.92 Å². The lowest BCUT2D eigenvalue weighted by Gasteiger charge is -2.18. The van der Waals surface area contributed by atoms with E-state index in [9.17, 15) is 4.79 Å². The van der Waals surface area contributed by atoms with Crippen molar-refractivity contribution >= 4 is 11.6 Å². The van der Waals surface area contributed by atoms with Gasteiger partial charge in [0.25, 0.3) is 5.91 Å². The van der Waals surface area contributed by atoms with E-state index in [0.29, 0.717) is 18.8 Å². The van der Waals surface area contributed by atoms with Crippen molar-refractivity contribution in [2.45, 2.75) is 13.3 Å². The van der Waals surface area contributed by atoms with E-state index < -0.39 is 0 Å². The molecule has 0 spiro atoms. The third-order valence-corrected chi connectivity index (χ3v) is 3.47. The Hall–Kier alpha value is -2.82. The summed E-state index contributed by atoms with van der Waals surface area (Å²) < 4.78 is 11.0. The minimum atomic E-state index is -0.289. The SMILES string of the molecule is Cc1cccc(OCC(=O)N/N=C2/CCOc3ccccc32)c1. The number of aryl methyl sites for hydroxylation is 1. The zero-order chi connectivity index (χ0) is 16.1. The van der Waals surface area contributed by atoms with Gasteiger partial charge in [0, 0.05) is 12.0 Å². The maximum atomic E-state index is 11.9. The summed E-state index contributed by atoms with van der Waals surface area (Å²) in [5.74, 6) is 1.18. The molecule has 1 N–H and O–H groups in total. The van der Waals surface area contributed by atoms with Crippen LogP contribution < -0.4 is 14.9 Å². The van der Waals surface area contributed by atoms with E-state index in [0.717, 1.165) is 22.6 Å². The molecule has 0 unspecified atom stereocenters. The summed E-state index contributed by atoms with van der Waals surface area (Å²) in [6.07, 6.45) is 0.663. The first-order valence-corrected chi connectivity index (χ1v) is 7.49. The van der Waals surface area contributed by atoms with Gasteiger partial charge < -0.3 is 9.47 Å². The lowest BCUT2D eigenvalue weighted by atomic mass is 10.0. The van der Waals surface area contributed by atoms with Gasteiger partial charge >= 0.3 is 0 Å². The van der Waals surface area contributed by atoms with Gasteiger partial charge in [-0.15, -0.1) is 0 Å². The minimum Gasteiger partial charge on any atom is -0.492 e. The molecule has 1 aliphatic rings. The van der Waals surface area contributed by atoms with Gasteiger partial charge in [0.2, 0.25) is 0 Å². The van der Waals surface area contributed by atoms with Gasteiger partial charge in [-0.05, 0) is 36.8 Å². The smallest absolute Gasteiger partial charge is 0.277 e. The van der Waals surface area contributed by atoms with Crippen molar-refractivity contribution in [1.82, 2.24) is 5.43 Å². The Balaban J connectivity index is 1.59. The van der Waals surface area contributed by atoms with E-state index >= 15 is 0 Å². The third-order valence-electron chi connectivity index (χ3n) is 3.47. The van der Waals surface area contributed by atoms with Crippen LogP contribution in [0.1, 0.15) is 17.5 Å². The Labute approximate surface area is 134 Å². The van der Waals surface area contributed by atoms with Crippen molar-refractivity contribution in [3.63, 3.8) is 0 Å². The molecule has 0 fully saturated rings. The highest BCUT2D eigenvalue weighted by molar-refractivity contribution is 6.04. The number of hydrogen-bond donors (Lipinski definition) is 1. The fraction of sp³-hybridized carbons (Fsp3) is 0.222. The topological polar surface area (TPSA) is 59.9 Å². The molecular formula is C18H18N2O3. The molecule has 0 atom stereocenters. The number of rotatable bonds is 4. The molecular weight excluding hydrogens is 292 g/mol. The van der Waals surface area contributed by atoms with Gasteiger partial charge in [-0.1, -0.05) is 24.3 Å². The first-order valence-electron chi connectivity index (χ1n) is 7.49. The van der Waals surface area contributed by atoms with Crippen molar-refractivity contribution < 1.29 is 14.3 Å².